The van der Waals surface area contributed by atoms with E-state index in [-0.39, 0.29) is 0 Å². The molecular formula is C13H17NO3. The molecule has 92 valence electrons. The summed E-state index contributed by atoms with van der Waals surface area (Å²) in [7, 11) is 1.60. The summed E-state index contributed by atoms with van der Waals surface area (Å²) >= 11 is 0. The highest BCUT2D eigenvalue weighted by molar-refractivity contribution is 5.77. The third kappa shape index (κ3) is 1.78. The van der Waals surface area contributed by atoms with E-state index in [9.17, 15) is 4.79 Å². The lowest BCUT2D eigenvalue weighted by atomic mass is 9.85. The van der Waals surface area contributed by atoms with Crippen LogP contribution in [0, 0.1) is 6.92 Å². The molecule has 0 radical (unpaired) electrons. The Morgan fingerprint density at radius 2 is 2.18 bits per heavy atom. The largest absolute Gasteiger partial charge is 0.496 e. The Balaban J connectivity index is 2.50. The number of aliphatic carboxylic acids is 1. The van der Waals surface area contributed by atoms with E-state index in [1.807, 2.05) is 25.1 Å². The smallest absolute Gasteiger partial charge is 0.321 e. The van der Waals surface area contributed by atoms with E-state index in [1.54, 1.807) is 7.11 Å². The average Bonchev–Trinajstić information content (AvgIpc) is 3.08. The van der Waals surface area contributed by atoms with Gasteiger partial charge in [-0.3, -0.25) is 4.79 Å². The molecule has 1 aliphatic carbocycles. The van der Waals surface area contributed by atoms with Gasteiger partial charge in [0.2, 0.25) is 0 Å². The van der Waals surface area contributed by atoms with E-state index in [4.69, 9.17) is 15.6 Å². The molecule has 2 rings (SSSR count). The van der Waals surface area contributed by atoms with Crippen LogP contribution in [0.25, 0.3) is 0 Å². The molecule has 1 unspecified atom stereocenters. The van der Waals surface area contributed by atoms with E-state index in [0.717, 1.165) is 29.7 Å². The fourth-order valence-electron chi connectivity index (χ4n) is 2.54. The Morgan fingerprint density at radius 3 is 2.65 bits per heavy atom. The monoisotopic (exact) mass is 235 g/mol. The van der Waals surface area contributed by atoms with Gasteiger partial charge >= 0.3 is 5.97 Å². The number of hydrogen-bond donors (Lipinski definition) is 2. The molecule has 0 heterocycles. The molecule has 0 saturated heterocycles. The zero-order valence-electron chi connectivity index (χ0n) is 10.1. The minimum atomic E-state index is -0.951. The summed E-state index contributed by atoms with van der Waals surface area (Å²) in [6.45, 7) is 1.96. The predicted octanol–water partition coefficient (Wildman–Crippen LogP) is 1.45. The van der Waals surface area contributed by atoms with Crippen LogP contribution >= 0.6 is 0 Å². The highest BCUT2D eigenvalue weighted by Gasteiger charge is 2.54. The quantitative estimate of drug-likeness (QED) is 0.828. The van der Waals surface area contributed by atoms with Crippen molar-refractivity contribution in [3.63, 3.8) is 0 Å². The van der Waals surface area contributed by atoms with Crippen molar-refractivity contribution in [3.05, 3.63) is 29.3 Å². The number of nitrogens with two attached hydrogens (primary N) is 1. The van der Waals surface area contributed by atoms with E-state index >= 15 is 0 Å². The van der Waals surface area contributed by atoms with Crippen LogP contribution in [0.3, 0.4) is 0 Å². The van der Waals surface area contributed by atoms with Crippen molar-refractivity contribution in [2.45, 2.75) is 31.2 Å². The number of benzene rings is 1. The van der Waals surface area contributed by atoms with Gasteiger partial charge in [-0.1, -0.05) is 12.1 Å². The SMILES string of the molecule is COc1cccc(C)c1C1(C(N)C(=O)O)CC1. The molecule has 17 heavy (non-hydrogen) atoms. The Bertz CT molecular complexity index is 452. The second-order valence-electron chi connectivity index (χ2n) is 4.62. The molecule has 1 fully saturated rings. The molecule has 1 aromatic carbocycles. The van der Waals surface area contributed by atoms with Gasteiger partial charge in [-0.05, 0) is 31.4 Å². The first-order valence-electron chi connectivity index (χ1n) is 5.65. The third-order valence-corrected chi connectivity index (χ3v) is 3.60. The number of methoxy groups -OCH3 is 1. The summed E-state index contributed by atoms with van der Waals surface area (Å²) in [4.78, 5) is 11.1. The number of carbonyl (C=O) groups is 1. The molecule has 1 saturated carbocycles. The van der Waals surface area contributed by atoms with Crippen LogP contribution in [0.4, 0.5) is 0 Å². The van der Waals surface area contributed by atoms with E-state index in [0.29, 0.717) is 0 Å². The summed E-state index contributed by atoms with van der Waals surface area (Å²) in [5.41, 5.74) is 7.38. The summed E-state index contributed by atoms with van der Waals surface area (Å²) in [5.74, 6) is -0.216. The van der Waals surface area contributed by atoms with Gasteiger partial charge in [-0.15, -0.1) is 0 Å². The van der Waals surface area contributed by atoms with Gasteiger partial charge in [0, 0.05) is 11.0 Å². The van der Waals surface area contributed by atoms with Crippen LogP contribution in [-0.2, 0) is 10.2 Å². The number of carboxylic acid groups (broad SMARTS) is 1. The van der Waals surface area contributed by atoms with Crippen molar-refractivity contribution in [1.29, 1.82) is 0 Å². The summed E-state index contributed by atoms with van der Waals surface area (Å²) < 4.78 is 5.33. The highest BCUT2D eigenvalue weighted by Crippen LogP contribution is 2.54. The lowest BCUT2D eigenvalue weighted by molar-refractivity contribution is -0.139. The number of ether oxygens (including phenoxy) is 1. The Hall–Kier alpha value is -1.55. The third-order valence-electron chi connectivity index (χ3n) is 3.60. The molecule has 1 atom stereocenters. The molecule has 3 N–H and O–H groups in total. The molecule has 0 bridgehead atoms. The van der Waals surface area contributed by atoms with Crippen molar-refractivity contribution in [3.8, 4) is 5.75 Å². The normalized spacial score (nSPS) is 18.5. The number of aryl methyl sites for hydroxylation is 1. The van der Waals surface area contributed by atoms with Crippen LogP contribution < -0.4 is 10.5 Å². The Labute approximate surface area is 100 Å². The Kier molecular flexibility index (Phi) is 2.83. The predicted molar refractivity (Wildman–Crippen MR) is 64.3 cm³/mol. The topological polar surface area (TPSA) is 72.5 Å². The second-order valence-corrected chi connectivity index (χ2v) is 4.62. The maximum absolute atomic E-state index is 11.1. The first-order valence-corrected chi connectivity index (χ1v) is 5.65. The zero-order chi connectivity index (χ0) is 12.6. The van der Waals surface area contributed by atoms with Gasteiger partial charge in [-0.2, -0.15) is 0 Å². The van der Waals surface area contributed by atoms with Crippen LogP contribution in [0.2, 0.25) is 0 Å². The van der Waals surface area contributed by atoms with E-state index < -0.39 is 17.4 Å². The van der Waals surface area contributed by atoms with Crippen LogP contribution in [0.5, 0.6) is 5.75 Å². The van der Waals surface area contributed by atoms with E-state index in [1.165, 1.54) is 0 Å². The van der Waals surface area contributed by atoms with Crippen molar-refractivity contribution in [2.75, 3.05) is 7.11 Å². The fraction of sp³-hybridized carbons (Fsp3) is 0.462. The second kappa shape index (κ2) is 4.04. The van der Waals surface area contributed by atoms with Crippen molar-refractivity contribution >= 4 is 5.97 Å². The van der Waals surface area contributed by atoms with Gasteiger partial charge in [0.05, 0.1) is 7.11 Å². The first kappa shape index (κ1) is 11.9. The first-order chi connectivity index (χ1) is 8.03. The minimum absolute atomic E-state index is 0.442. The van der Waals surface area contributed by atoms with Crippen LogP contribution in [0.15, 0.2) is 18.2 Å². The molecule has 1 aliphatic rings. The fourth-order valence-corrected chi connectivity index (χ4v) is 2.54. The number of hydrogen-bond acceptors (Lipinski definition) is 3. The molecular weight excluding hydrogens is 218 g/mol. The van der Waals surface area contributed by atoms with Gasteiger partial charge in [0.15, 0.2) is 0 Å². The molecule has 0 spiro atoms. The van der Waals surface area contributed by atoms with E-state index in [2.05, 4.69) is 0 Å². The minimum Gasteiger partial charge on any atom is -0.496 e. The molecule has 1 aromatic rings. The van der Waals surface area contributed by atoms with Crippen molar-refractivity contribution < 1.29 is 14.6 Å². The number of rotatable bonds is 4. The summed E-state index contributed by atoms with van der Waals surface area (Å²) in [6, 6.07) is 4.86. The van der Waals surface area contributed by atoms with Crippen molar-refractivity contribution in [2.24, 2.45) is 5.73 Å². The van der Waals surface area contributed by atoms with Gasteiger partial charge in [0.25, 0.3) is 0 Å². The molecule has 4 heteroatoms. The standard InChI is InChI=1S/C13H17NO3/c1-8-4-3-5-9(17-2)10(8)13(6-7-13)11(14)12(15)16/h3-5,11H,6-7,14H2,1-2H3,(H,15,16). The highest BCUT2D eigenvalue weighted by atomic mass is 16.5. The molecule has 4 nitrogen and oxygen atoms in total. The molecule has 0 amide bonds. The van der Waals surface area contributed by atoms with Gasteiger partial charge in [0.1, 0.15) is 11.8 Å². The molecule has 0 aromatic heterocycles. The average molecular weight is 235 g/mol. The Morgan fingerprint density at radius 1 is 1.53 bits per heavy atom. The maximum atomic E-state index is 11.1. The van der Waals surface area contributed by atoms with Crippen molar-refractivity contribution in [1.82, 2.24) is 0 Å². The maximum Gasteiger partial charge on any atom is 0.321 e. The van der Waals surface area contributed by atoms with Gasteiger partial charge < -0.3 is 15.6 Å². The molecule has 0 aliphatic heterocycles. The number of carboxylic acids is 1. The summed E-state index contributed by atoms with van der Waals surface area (Å²) in [6.07, 6.45) is 1.61. The lowest BCUT2D eigenvalue weighted by Gasteiger charge is -2.24. The summed E-state index contributed by atoms with van der Waals surface area (Å²) in [5, 5.41) is 9.11. The van der Waals surface area contributed by atoms with Crippen LogP contribution in [-0.4, -0.2) is 24.2 Å². The van der Waals surface area contributed by atoms with Gasteiger partial charge in [-0.25, -0.2) is 0 Å². The van der Waals surface area contributed by atoms with Crippen LogP contribution in [0.1, 0.15) is 24.0 Å². The zero-order valence-corrected chi connectivity index (χ0v) is 10.1. The lowest BCUT2D eigenvalue weighted by Crippen LogP contribution is -2.42.